The lowest BCUT2D eigenvalue weighted by Gasteiger charge is -2.33. The van der Waals surface area contributed by atoms with E-state index in [1.165, 1.54) is 11.2 Å². The maximum Gasteiger partial charge on any atom is 0.417 e. The van der Waals surface area contributed by atoms with E-state index in [0.717, 1.165) is 37.6 Å². The third kappa shape index (κ3) is 4.68. The molecule has 2 aliphatic heterocycles. The smallest absolute Gasteiger partial charge is 0.417 e. The molecule has 4 heterocycles. The monoisotopic (exact) mass is 426 g/mol. The molecule has 10 heteroatoms. The van der Waals surface area contributed by atoms with Crippen LogP contribution in [-0.2, 0) is 4.74 Å². The Morgan fingerprint density at radius 2 is 1.87 bits per heavy atom. The average Bonchev–Trinajstić information content (AvgIpc) is 3.16. The molecule has 0 radical (unpaired) electrons. The first-order valence-corrected chi connectivity index (χ1v) is 10.7. The fraction of sp³-hybridized carbons (Fsp3) is 0.571. The summed E-state index contributed by atoms with van der Waals surface area (Å²) in [5.74, 6) is 0.912. The van der Waals surface area contributed by atoms with Gasteiger partial charge in [0.1, 0.15) is 12.9 Å². The number of hydrogen-bond acceptors (Lipinski definition) is 9. The topological polar surface area (TPSA) is 99.6 Å². The number of carbonyl (C=O) groups excluding carboxylic acids is 1. The van der Waals surface area contributed by atoms with Gasteiger partial charge in [-0.2, -0.15) is 4.98 Å². The van der Waals surface area contributed by atoms with Gasteiger partial charge < -0.3 is 19.9 Å². The van der Waals surface area contributed by atoms with Crippen molar-refractivity contribution in [3.63, 3.8) is 0 Å². The second-order valence-corrected chi connectivity index (χ2v) is 8.46. The number of nitrogens with one attached hydrogen (secondary N) is 1. The molecule has 1 amide bonds. The van der Waals surface area contributed by atoms with E-state index in [1.807, 2.05) is 33.0 Å². The van der Waals surface area contributed by atoms with Gasteiger partial charge in [-0.05, 0) is 32.0 Å². The second kappa shape index (κ2) is 9.01. The Hall–Kier alpha value is -3.01. The molecule has 31 heavy (non-hydrogen) atoms. The first-order valence-electron chi connectivity index (χ1n) is 10.7. The van der Waals surface area contributed by atoms with Crippen LogP contribution >= 0.6 is 0 Å². The summed E-state index contributed by atoms with van der Waals surface area (Å²) in [6, 6.07) is 3.94. The summed E-state index contributed by atoms with van der Waals surface area (Å²) in [5.41, 5.74) is 2.03. The quantitative estimate of drug-likeness (QED) is 0.745. The number of hydrogen-bond donors (Lipinski definition) is 1. The highest BCUT2D eigenvalue weighted by atomic mass is 16.6. The summed E-state index contributed by atoms with van der Waals surface area (Å²) in [6.45, 7) is 10.6. The van der Waals surface area contributed by atoms with Gasteiger partial charge in [-0.1, -0.05) is 13.8 Å². The molecule has 2 aliphatic rings. The lowest BCUT2D eigenvalue weighted by atomic mass is 10.1. The molecular weight excluding hydrogens is 396 g/mol. The molecule has 1 unspecified atom stereocenters. The number of amides is 1. The number of carbonyl (C=O) groups is 1. The van der Waals surface area contributed by atoms with Crippen molar-refractivity contribution in [3.05, 3.63) is 30.4 Å². The van der Waals surface area contributed by atoms with Crippen LogP contribution < -0.4 is 15.1 Å². The number of likely N-dealkylation sites (N-methyl/N-ethyl adjacent to an activating group) is 1. The molecule has 0 saturated carbocycles. The van der Waals surface area contributed by atoms with Crippen molar-refractivity contribution in [2.45, 2.75) is 32.9 Å². The zero-order valence-corrected chi connectivity index (χ0v) is 18.5. The highest BCUT2D eigenvalue weighted by molar-refractivity contribution is 5.88. The van der Waals surface area contributed by atoms with Crippen LogP contribution in [0.2, 0.25) is 0 Å². The van der Waals surface area contributed by atoms with Crippen LogP contribution in [0.4, 0.5) is 22.4 Å². The van der Waals surface area contributed by atoms with Gasteiger partial charge in [-0.3, -0.25) is 4.98 Å². The van der Waals surface area contributed by atoms with Gasteiger partial charge in [0.2, 0.25) is 11.9 Å². The third-order valence-electron chi connectivity index (χ3n) is 5.88. The number of anilines is 3. The molecule has 4 rings (SSSR count). The van der Waals surface area contributed by atoms with Crippen LogP contribution in [0.3, 0.4) is 0 Å². The molecule has 0 aromatic carbocycles. The molecule has 0 bridgehead atoms. The van der Waals surface area contributed by atoms with Gasteiger partial charge >= 0.3 is 6.09 Å². The zero-order valence-electron chi connectivity index (χ0n) is 18.5. The first-order chi connectivity index (χ1) is 14.9. The number of pyridine rings is 1. The molecule has 166 valence electrons. The molecule has 2 aromatic heterocycles. The number of cyclic esters (lactones) is 1. The fourth-order valence-corrected chi connectivity index (χ4v) is 3.80. The number of ether oxygens (including phenoxy) is 1. The molecule has 2 atom stereocenters. The van der Waals surface area contributed by atoms with E-state index < -0.39 is 6.09 Å². The van der Waals surface area contributed by atoms with Crippen LogP contribution in [0.25, 0.3) is 0 Å². The van der Waals surface area contributed by atoms with Crippen molar-refractivity contribution in [2.75, 3.05) is 55.0 Å². The Kier molecular flexibility index (Phi) is 6.17. The van der Waals surface area contributed by atoms with E-state index in [9.17, 15) is 4.79 Å². The second-order valence-electron chi connectivity index (χ2n) is 8.46. The highest BCUT2D eigenvalue weighted by Crippen LogP contribution is 2.25. The van der Waals surface area contributed by atoms with Gasteiger partial charge in [0.15, 0.2) is 0 Å². The van der Waals surface area contributed by atoms with Crippen molar-refractivity contribution in [3.8, 4) is 0 Å². The molecular formula is C21H30N8O2. The summed E-state index contributed by atoms with van der Waals surface area (Å²) in [5, 5.41) is 3.26. The summed E-state index contributed by atoms with van der Waals surface area (Å²) in [6.07, 6.45) is 2.90. The van der Waals surface area contributed by atoms with Crippen molar-refractivity contribution >= 4 is 23.7 Å². The Morgan fingerprint density at radius 3 is 2.55 bits per heavy atom. The minimum atomic E-state index is -0.426. The molecule has 1 N–H and O–H groups in total. The molecule has 10 nitrogen and oxygen atoms in total. The van der Waals surface area contributed by atoms with E-state index >= 15 is 0 Å². The number of piperazine rings is 1. The Balaban J connectivity index is 1.43. The molecule has 2 fully saturated rings. The summed E-state index contributed by atoms with van der Waals surface area (Å²) in [7, 11) is 2.15. The van der Waals surface area contributed by atoms with Gasteiger partial charge in [-0.15, -0.1) is 0 Å². The first kappa shape index (κ1) is 21.2. The van der Waals surface area contributed by atoms with E-state index in [4.69, 9.17) is 4.74 Å². The van der Waals surface area contributed by atoms with Crippen molar-refractivity contribution < 1.29 is 9.53 Å². The molecule has 2 saturated heterocycles. The maximum atomic E-state index is 12.2. The Labute approximate surface area is 182 Å². The normalized spacial score (nSPS) is 20.8. The summed E-state index contributed by atoms with van der Waals surface area (Å²) < 4.78 is 5.20. The summed E-state index contributed by atoms with van der Waals surface area (Å²) in [4.78, 5) is 35.9. The molecule has 0 aliphatic carbocycles. The largest absolute Gasteiger partial charge is 0.447 e. The number of aromatic nitrogens is 4. The Morgan fingerprint density at radius 1 is 1.10 bits per heavy atom. The number of nitrogens with zero attached hydrogens (tertiary/aromatic N) is 7. The standard InChI is InChI=1S/C21H30N8O2/c1-14(2)18-12-31-21(30)29(18)20-24-13-23-19(26-20)25-15(3)17-6-5-16(11-22-17)28-9-7-27(4)8-10-28/h5-6,11,13-15,18H,7-10,12H2,1-4H3,(H,23,24,25,26)/t15?,18-/m1/s1. The van der Waals surface area contributed by atoms with E-state index in [1.54, 1.807) is 0 Å². The molecule has 0 spiro atoms. The van der Waals surface area contributed by atoms with Crippen LogP contribution in [0.15, 0.2) is 24.7 Å². The van der Waals surface area contributed by atoms with Crippen LogP contribution in [-0.4, -0.2) is 76.8 Å². The number of rotatable bonds is 6. The van der Waals surface area contributed by atoms with Gasteiger partial charge in [0, 0.05) is 26.2 Å². The van der Waals surface area contributed by atoms with Crippen LogP contribution in [0, 0.1) is 5.92 Å². The lowest BCUT2D eigenvalue weighted by molar-refractivity contribution is 0.177. The van der Waals surface area contributed by atoms with E-state index in [2.05, 4.69) is 48.2 Å². The third-order valence-corrected chi connectivity index (χ3v) is 5.88. The minimum Gasteiger partial charge on any atom is -0.447 e. The SMILES string of the molecule is CC(Nc1ncnc(N2C(=O)OC[C@@H]2C(C)C)n1)c1ccc(N2CCN(C)CC2)cn1. The fourth-order valence-electron chi connectivity index (χ4n) is 3.80. The molecule has 2 aromatic rings. The predicted octanol–water partition coefficient (Wildman–Crippen LogP) is 2.17. The zero-order chi connectivity index (χ0) is 22.0. The van der Waals surface area contributed by atoms with Crippen molar-refractivity contribution in [1.29, 1.82) is 0 Å². The van der Waals surface area contributed by atoms with Crippen LogP contribution in [0.5, 0.6) is 0 Å². The minimum absolute atomic E-state index is 0.0936. The van der Waals surface area contributed by atoms with Crippen molar-refractivity contribution in [2.24, 2.45) is 5.92 Å². The predicted molar refractivity (Wildman–Crippen MR) is 118 cm³/mol. The van der Waals surface area contributed by atoms with E-state index in [-0.39, 0.29) is 18.0 Å². The Bertz CT molecular complexity index is 899. The van der Waals surface area contributed by atoms with Crippen LogP contribution in [0.1, 0.15) is 32.5 Å². The van der Waals surface area contributed by atoms with Gasteiger partial charge in [-0.25, -0.2) is 19.7 Å². The maximum absolute atomic E-state index is 12.2. The highest BCUT2D eigenvalue weighted by Gasteiger charge is 2.38. The van der Waals surface area contributed by atoms with Crippen molar-refractivity contribution in [1.82, 2.24) is 24.8 Å². The lowest BCUT2D eigenvalue weighted by Crippen LogP contribution is -2.44. The van der Waals surface area contributed by atoms with Gasteiger partial charge in [0.05, 0.1) is 29.7 Å². The summed E-state index contributed by atoms with van der Waals surface area (Å²) >= 11 is 0. The average molecular weight is 427 g/mol. The van der Waals surface area contributed by atoms with Gasteiger partial charge in [0.25, 0.3) is 0 Å². The van der Waals surface area contributed by atoms with E-state index in [0.29, 0.717) is 18.5 Å².